The van der Waals surface area contributed by atoms with E-state index in [0.717, 1.165) is 10.2 Å². The van der Waals surface area contributed by atoms with Crippen molar-refractivity contribution in [3.8, 4) is 0 Å². The molecule has 1 aromatic rings. The molecular formula is C11H15BrN2O3S. The van der Waals surface area contributed by atoms with Crippen LogP contribution in [0.2, 0.25) is 0 Å². The summed E-state index contributed by atoms with van der Waals surface area (Å²) < 4.78 is 1.07. The van der Waals surface area contributed by atoms with Gasteiger partial charge >= 0.3 is 12.0 Å². The fourth-order valence-corrected chi connectivity index (χ4v) is 2.76. The molecule has 18 heavy (non-hydrogen) atoms. The van der Waals surface area contributed by atoms with Crippen LogP contribution in [-0.4, -0.2) is 42.1 Å². The van der Waals surface area contributed by atoms with Gasteiger partial charge in [0.15, 0.2) is 0 Å². The van der Waals surface area contributed by atoms with E-state index >= 15 is 0 Å². The number of hydrogen-bond acceptors (Lipinski definition) is 3. The molecule has 0 spiro atoms. The topological polar surface area (TPSA) is 69.6 Å². The maximum absolute atomic E-state index is 11.6. The Kier molecular flexibility index (Phi) is 6.14. The van der Waals surface area contributed by atoms with Crippen LogP contribution in [-0.2, 0) is 11.2 Å². The van der Waals surface area contributed by atoms with Crippen molar-refractivity contribution in [3.63, 3.8) is 0 Å². The summed E-state index contributed by atoms with van der Waals surface area (Å²) >= 11 is 5.01. The van der Waals surface area contributed by atoms with Gasteiger partial charge < -0.3 is 15.3 Å². The molecule has 1 heterocycles. The third-order valence-electron chi connectivity index (χ3n) is 2.28. The van der Waals surface area contributed by atoms with Crippen LogP contribution in [0.25, 0.3) is 0 Å². The van der Waals surface area contributed by atoms with Crippen LogP contribution in [0.15, 0.2) is 15.9 Å². The summed E-state index contributed by atoms with van der Waals surface area (Å²) in [6.07, 6.45) is 0.733. The highest BCUT2D eigenvalue weighted by atomic mass is 79.9. The summed E-state index contributed by atoms with van der Waals surface area (Å²) in [5.41, 5.74) is 0. The number of amides is 2. The van der Waals surface area contributed by atoms with Crippen LogP contribution in [0.5, 0.6) is 0 Å². The second-order valence-corrected chi connectivity index (χ2v) is 6.30. The molecule has 100 valence electrons. The highest BCUT2D eigenvalue weighted by Gasteiger charge is 2.09. The fourth-order valence-electron chi connectivity index (χ4n) is 1.28. The predicted octanol–water partition coefficient (Wildman–Crippen LogP) is 2.17. The van der Waals surface area contributed by atoms with Gasteiger partial charge in [-0.15, -0.1) is 11.3 Å². The maximum atomic E-state index is 11.6. The monoisotopic (exact) mass is 334 g/mol. The van der Waals surface area contributed by atoms with Crippen LogP contribution in [0, 0.1) is 0 Å². The van der Waals surface area contributed by atoms with Crippen molar-refractivity contribution in [3.05, 3.63) is 20.8 Å². The van der Waals surface area contributed by atoms with Crippen molar-refractivity contribution < 1.29 is 14.7 Å². The Morgan fingerprint density at radius 3 is 2.78 bits per heavy atom. The highest BCUT2D eigenvalue weighted by molar-refractivity contribution is 9.11. The molecule has 0 saturated heterocycles. The molecule has 1 aromatic heterocycles. The first-order valence-corrected chi connectivity index (χ1v) is 7.05. The van der Waals surface area contributed by atoms with Gasteiger partial charge in [0.1, 0.15) is 0 Å². The quantitative estimate of drug-likeness (QED) is 0.837. The van der Waals surface area contributed by atoms with Gasteiger partial charge in [-0.25, -0.2) is 4.79 Å². The number of halogens is 1. The number of carbonyl (C=O) groups excluding carboxylic acids is 1. The zero-order chi connectivity index (χ0) is 13.5. The number of hydrogen-bond donors (Lipinski definition) is 2. The van der Waals surface area contributed by atoms with Gasteiger partial charge in [-0.3, -0.25) is 4.79 Å². The van der Waals surface area contributed by atoms with Crippen molar-refractivity contribution in [2.45, 2.75) is 12.8 Å². The first kappa shape index (κ1) is 15.0. The van der Waals surface area contributed by atoms with Gasteiger partial charge in [0.2, 0.25) is 0 Å². The molecule has 0 atom stereocenters. The van der Waals surface area contributed by atoms with Crippen molar-refractivity contribution >= 4 is 39.3 Å². The second-order valence-electron chi connectivity index (χ2n) is 3.75. The van der Waals surface area contributed by atoms with Crippen molar-refractivity contribution in [1.29, 1.82) is 0 Å². The molecule has 1 rings (SSSR count). The summed E-state index contributed by atoms with van der Waals surface area (Å²) in [7, 11) is 1.58. The smallest absolute Gasteiger partial charge is 0.317 e. The summed E-state index contributed by atoms with van der Waals surface area (Å²) in [5, 5.41) is 11.3. The molecule has 0 radical (unpaired) electrons. The highest BCUT2D eigenvalue weighted by Crippen LogP contribution is 2.21. The minimum Gasteiger partial charge on any atom is -0.481 e. The first-order valence-electron chi connectivity index (χ1n) is 5.44. The van der Waals surface area contributed by atoms with Crippen LogP contribution < -0.4 is 5.32 Å². The lowest BCUT2D eigenvalue weighted by molar-refractivity contribution is -0.137. The first-order chi connectivity index (χ1) is 8.49. The summed E-state index contributed by atoms with van der Waals surface area (Å²) in [4.78, 5) is 24.5. The minimum atomic E-state index is -0.905. The normalized spacial score (nSPS) is 10.1. The lowest BCUT2D eigenvalue weighted by Crippen LogP contribution is -2.39. The number of carboxylic acids is 1. The van der Waals surface area contributed by atoms with Crippen LogP contribution in [0.3, 0.4) is 0 Å². The van der Waals surface area contributed by atoms with E-state index in [9.17, 15) is 9.59 Å². The van der Waals surface area contributed by atoms with Crippen LogP contribution in [0.4, 0.5) is 4.79 Å². The molecule has 0 aliphatic rings. The molecular weight excluding hydrogens is 320 g/mol. The number of nitrogens with zero attached hydrogens (tertiary/aromatic N) is 1. The van der Waals surface area contributed by atoms with E-state index in [1.54, 1.807) is 18.4 Å². The van der Waals surface area contributed by atoms with E-state index in [4.69, 9.17) is 5.11 Å². The molecule has 0 aliphatic heterocycles. The van der Waals surface area contributed by atoms with Gasteiger partial charge in [0, 0.05) is 25.0 Å². The van der Waals surface area contributed by atoms with Gasteiger partial charge in [-0.05, 0) is 34.5 Å². The Hall–Kier alpha value is -1.08. The van der Waals surface area contributed by atoms with Gasteiger partial charge in [-0.2, -0.15) is 0 Å². The number of carbonyl (C=O) groups is 2. The van der Waals surface area contributed by atoms with Gasteiger partial charge in [0.05, 0.1) is 10.2 Å². The number of rotatable bonds is 6. The van der Waals surface area contributed by atoms with Gasteiger partial charge in [0.25, 0.3) is 0 Å². The predicted molar refractivity (Wildman–Crippen MR) is 74.0 cm³/mol. The Bertz CT molecular complexity index is 422. The number of thiophene rings is 1. The third kappa shape index (κ3) is 5.50. The number of aliphatic carboxylic acids is 1. The molecule has 2 N–H and O–H groups in total. The van der Waals surface area contributed by atoms with Crippen molar-refractivity contribution in [2.75, 3.05) is 20.1 Å². The second kappa shape index (κ2) is 7.38. The molecule has 0 fully saturated rings. The Labute approximate surface area is 118 Å². The van der Waals surface area contributed by atoms with E-state index in [2.05, 4.69) is 21.2 Å². The van der Waals surface area contributed by atoms with Crippen LogP contribution in [0.1, 0.15) is 11.3 Å². The summed E-state index contributed by atoms with van der Waals surface area (Å²) in [6.45, 7) is 0.759. The number of urea groups is 1. The zero-order valence-electron chi connectivity index (χ0n) is 9.98. The van der Waals surface area contributed by atoms with E-state index in [0.29, 0.717) is 6.54 Å². The summed E-state index contributed by atoms with van der Waals surface area (Å²) in [5.74, 6) is -0.905. The lowest BCUT2D eigenvalue weighted by Gasteiger charge is -2.16. The van der Waals surface area contributed by atoms with E-state index in [1.807, 2.05) is 12.1 Å². The minimum absolute atomic E-state index is 0.0399. The summed E-state index contributed by atoms with van der Waals surface area (Å²) in [6, 6.07) is 3.74. The van der Waals surface area contributed by atoms with E-state index < -0.39 is 5.97 Å². The van der Waals surface area contributed by atoms with Gasteiger partial charge in [-0.1, -0.05) is 0 Å². The molecule has 7 heteroatoms. The molecule has 0 bridgehead atoms. The Balaban J connectivity index is 2.22. The average Bonchev–Trinajstić information content (AvgIpc) is 2.71. The van der Waals surface area contributed by atoms with Crippen molar-refractivity contribution in [1.82, 2.24) is 10.2 Å². The maximum Gasteiger partial charge on any atom is 0.317 e. The zero-order valence-corrected chi connectivity index (χ0v) is 12.4. The fraction of sp³-hybridized carbons (Fsp3) is 0.455. The lowest BCUT2D eigenvalue weighted by atomic mass is 10.3. The molecule has 0 aliphatic carbocycles. The van der Waals surface area contributed by atoms with E-state index in [-0.39, 0.29) is 19.0 Å². The van der Waals surface area contributed by atoms with Crippen LogP contribution >= 0.6 is 27.3 Å². The molecule has 0 unspecified atom stereocenters. The number of carboxylic acid groups (broad SMARTS) is 1. The largest absolute Gasteiger partial charge is 0.481 e. The van der Waals surface area contributed by atoms with E-state index in [1.165, 1.54) is 9.78 Å². The SMILES string of the molecule is CN(CCC(=O)O)C(=O)NCCc1ccc(Br)s1. The Morgan fingerprint density at radius 1 is 1.50 bits per heavy atom. The third-order valence-corrected chi connectivity index (χ3v) is 3.97. The number of nitrogens with one attached hydrogen (secondary N) is 1. The average molecular weight is 335 g/mol. The van der Waals surface area contributed by atoms with Crippen molar-refractivity contribution in [2.24, 2.45) is 0 Å². The Morgan fingerprint density at radius 2 is 2.22 bits per heavy atom. The molecule has 5 nitrogen and oxygen atoms in total. The molecule has 0 aromatic carbocycles. The molecule has 0 saturated carbocycles. The molecule has 2 amide bonds. The standard InChI is InChI=1S/C11H15BrN2O3S/c1-14(7-5-10(15)16)11(17)13-6-4-8-2-3-9(12)18-8/h2-3H,4-7H2,1H3,(H,13,17)(H,15,16).